The van der Waals surface area contributed by atoms with Crippen molar-refractivity contribution >= 4 is 5.97 Å². The van der Waals surface area contributed by atoms with Crippen molar-refractivity contribution in [2.45, 2.75) is 58.0 Å². The van der Waals surface area contributed by atoms with Gasteiger partial charge in [0, 0.05) is 18.6 Å². The second-order valence-corrected chi connectivity index (χ2v) is 6.56. The van der Waals surface area contributed by atoms with Crippen molar-refractivity contribution in [2.75, 3.05) is 26.7 Å². The van der Waals surface area contributed by atoms with Gasteiger partial charge in [-0.2, -0.15) is 0 Å². The van der Waals surface area contributed by atoms with Crippen molar-refractivity contribution < 1.29 is 9.90 Å². The van der Waals surface area contributed by atoms with E-state index in [-0.39, 0.29) is 0 Å². The first-order valence-corrected chi connectivity index (χ1v) is 7.66. The van der Waals surface area contributed by atoms with Crippen LogP contribution in [0.15, 0.2) is 0 Å². The van der Waals surface area contributed by atoms with E-state index in [0.29, 0.717) is 12.1 Å². The molecule has 19 heavy (non-hydrogen) atoms. The molecular formula is C15H28N2O2. The highest BCUT2D eigenvalue weighted by Crippen LogP contribution is 2.38. The van der Waals surface area contributed by atoms with E-state index in [0.717, 1.165) is 38.9 Å². The maximum absolute atomic E-state index is 11.6. The summed E-state index contributed by atoms with van der Waals surface area (Å²) in [4.78, 5) is 16.5. The van der Waals surface area contributed by atoms with E-state index in [1.807, 2.05) is 0 Å². The Morgan fingerprint density at radius 1 is 1.42 bits per heavy atom. The minimum absolute atomic E-state index is 0.471. The molecule has 2 fully saturated rings. The summed E-state index contributed by atoms with van der Waals surface area (Å²) < 4.78 is 0. The number of carboxylic acid groups (broad SMARTS) is 1. The normalized spacial score (nSPS) is 37.6. The maximum Gasteiger partial charge on any atom is 0.310 e. The molecule has 110 valence electrons. The lowest BCUT2D eigenvalue weighted by molar-refractivity contribution is -0.148. The Bertz CT molecular complexity index is 334. The summed E-state index contributed by atoms with van der Waals surface area (Å²) in [6.07, 6.45) is 4.98. The molecule has 0 bridgehead atoms. The highest BCUT2D eigenvalue weighted by molar-refractivity contribution is 5.75. The zero-order valence-electron chi connectivity index (χ0n) is 12.6. The van der Waals surface area contributed by atoms with Crippen LogP contribution in [0, 0.1) is 5.41 Å². The predicted octanol–water partition coefficient (Wildman–Crippen LogP) is 2.05. The van der Waals surface area contributed by atoms with Crippen LogP contribution in [-0.4, -0.2) is 59.6 Å². The highest BCUT2D eigenvalue weighted by atomic mass is 16.4. The topological polar surface area (TPSA) is 43.8 Å². The van der Waals surface area contributed by atoms with Gasteiger partial charge in [-0.25, -0.2) is 0 Å². The number of piperidine rings is 1. The van der Waals surface area contributed by atoms with Crippen LogP contribution in [-0.2, 0) is 4.79 Å². The van der Waals surface area contributed by atoms with Crippen molar-refractivity contribution in [2.24, 2.45) is 5.41 Å². The van der Waals surface area contributed by atoms with Crippen molar-refractivity contribution in [3.63, 3.8) is 0 Å². The molecule has 2 heterocycles. The lowest BCUT2D eigenvalue weighted by atomic mass is 9.82. The average molecular weight is 268 g/mol. The van der Waals surface area contributed by atoms with E-state index in [2.05, 4.69) is 30.7 Å². The van der Waals surface area contributed by atoms with E-state index < -0.39 is 11.4 Å². The summed E-state index contributed by atoms with van der Waals surface area (Å²) in [7, 11) is 2.18. The molecule has 0 aromatic heterocycles. The molecule has 2 aliphatic rings. The molecule has 3 atom stereocenters. The second kappa shape index (κ2) is 5.80. The molecule has 4 nitrogen and oxygen atoms in total. The van der Waals surface area contributed by atoms with Crippen LogP contribution in [0.1, 0.15) is 46.0 Å². The van der Waals surface area contributed by atoms with Crippen molar-refractivity contribution in [3.05, 3.63) is 0 Å². The number of nitrogens with zero attached hydrogens (tertiary/aromatic N) is 2. The van der Waals surface area contributed by atoms with Gasteiger partial charge in [0.05, 0.1) is 5.41 Å². The van der Waals surface area contributed by atoms with Crippen LogP contribution >= 0.6 is 0 Å². The van der Waals surface area contributed by atoms with Gasteiger partial charge >= 0.3 is 5.97 Å². The fraction of sp³-hybridized carbons (Fsp3) is 0.933. The molecule has 2 rings (SSSR count). The zero-order valence-corrected chi connectivity index (χ0v) is 12.6. The van der Waals surface area contributed by atoms with Crippen LogP contribution in [0.5, 0.6) is 0 Å². The number of aliphatic carboxylic acids is 1. The standard InChI is InChI=1S/C15H28N2O2/c1-4-6-15(14(18)19)7-9-17(11-15)13-5-8-16(3)12(2)10-13/h12-13H,4-11H2,1-3H3,(H,18,19). The minimum atomic E-state index is -0.585. The molecule has 0 amide bonds. The van der Waals surface area contributed by atoms with E-state index in [1.54, 1.807) is 0 Å². The monoisotopic (exact) mass is 268 g/mol. The Morgan fingerprint density at radius 2 is 2.16 bits per heavy atom. The van der Waals surface area contributed by atoms with E-state index in [4.69, 9.17) is 0 Å². The zero-order chi connectivity index (χ0) is 14.0. The third kappa shape index (κ3) is 2.95. The quantitative estimate of drug-likeness (QED) is 0.847. The number of likely N-dealkylation sites (tertiary alicyclic amines) is 2. The van der Waals surface area contributed by atoms with E-state index in [1.165, 1.54) is 12.8 Å². The second-order valence-electron chi connectivity index (χ2n) is 6.56. The molecule has 4 heteroatoms. The third-order valence-electron chi connectivity index (χ3n) is 5.26. The number of hydrogen-bond acceptors (Lipinski definition) is 3. The molecule has 0 aromatic carbocycles. The third-order valence-corrected chi connectivity index (χ3v) is 5.26. The first kappa shape index (κ1) is 14.8. The highest BCUT2D eigenvalue weighted by Gasteiger charge is 2.46. The molecule has 2 aliphatic heterocycles. The van der Waals surface area contributed by atoms with Gasteiger partial charge in [-0.05, 0) is 52.7 Å². The van der Waals surface area contributed by atoms with Gasteiger partial charge < -0.3 is 10.0 Å². The van der Waals surface area contributed by atoms with Crippen molar-refractivity contribution in [1.82, 2.24) is 9.80 Å². The predicted molar refractivity (Wildman–Crippen MR) is 76.3 cm³/mol. The van der Waals surface area contributed by atoms with Gasteiger partial charge in [0.25, 0.3) is 0 Å². The largest absolute Gasteiger partial charge is 0.481 e. The summed E-state index contributed by atoms with van der Waals surface area (Å²) >= 11 is 0. The lowest BCUT2D eigenvalue weighted by Gasteiger charge is -2.39. The summed E-state index contributed by atoms with van der Waals surface area (Å²) in [5.74, 6) is -0.585. The lowest BCUT2D eigenvalue weighted by Crippen LogP contribution is -2.47. The Balaban J connectivity index is 1.99. The molecular weight excluding hydrogens is 240 g/mol. The SMILES string of the molecule is CCCC1(C(=O)O)CCN(C2CCN(C)C(C)C2)C1. The molecule has 0 radical (unpaired) electrons. The summed E-state index contributed by atoms with van der Waals surface area (Å²) in [6.45, 7) is 7.23. The van der Waals surface area contributed by atoms with Gasteiger partial charge in [0.1, 0.15) is 0 Å². The summed E-state index contributed by atoms with van der Waals surface area (Å²) in [6, 6.07) is 1.20. The Morgan fingerprint density at radius 3 is 2.74 bits per heavy atom. The Labute approximate surface area is 116 Å². The fourth-order valence-electron chi connectivity index (χ4n) is 3.78. The average Bonchev–Trinajstić information content (AvgIpc) is 2.79. The van der Waals surface area contributed by atoms with E-state index in [9.17, 15) is 9.90 Å². The molecule has 0 saturated carbocycles. The van der Waals surface area contributed by atoms with Gasteiger partial charge in [0.15, 0.2) is 0 Å². The fourth-order valence-corrected chi connectivity index (χ4v) is 3.78. The maximum atomic E-state index is 11.6. The molecule has 0 spiro atoms. The Hall–Kier alpha value is -0.610. The van der Waals surface area contributed by atoms with Crippen LogP contribution in [0.2, 0.25) is 0 Å². The van der Waals surface area contributed by atoms with Crippen LogP contribution < -0.4 is 0 Å². The van der Waals surface area contributed by atoms with Gasteiger partial charge in [-0.15, -0.1) is 0 Å². The number of carboxylic acids is 1. The summed E-state index contributed by atoms with van der Waals surface area (Å²) in [5, 5.41) is 9.57. The van der Waals surface area contributed by atoms with Crippen LogP contribution in [0.25, 0.3) is 0 Å². The van der Waals surface area contributed by atoms with Crippen molar-refractivity contribution in [1.29, 1.82) is 0 Å². The van der Waals surface area contributed by atoms with E-state index >= 15 is 0 Å². The first-order chi connectivity index (χ1) is 8.98. The van der Waals surface area contributed by atoms with Crippen LogP contribution in [0.3, 0.4) is 0 Å². The first-order valence-electron chi connectivity index (χ1n) is 7.66. The number of rotatable bonds is 4. The van der Waals surface area contributed by atoms with Gasteiger partial charge in [-0.3, -0.25) is 9.69 Å². The minimum Gasteiger partial charge on any atom is -0.481 e. The molecule has 0 aromatic rings. The van der Waals surface area contributed by atoms with Gasteiger partial charge in [0.2, 0.25) is 0 Å². The molecule has 3 unspecified atom stereocenters. The molecule has 2 saturated heterocycles. The molecule has 0 aliphatic carbocycles. The summed E-state index contributed by atoms with van der Waals surface area (Å²) in [5.41, 5.74) is -0.471. The smallest absolute Gasteiger partial charge is 0.310 e. The molecule has 1 N–H and O–H groups in total. The van der Waals surface area contributed by atoms with Crippen molar-refractivity contribution in [3.8, 4) is 0 Å². The van der Waals surface area contributed by atoms with Gasteiger partial charge in [-0.1, -0.05) is 13.3 Å². The number of hydrogen-bond donors (Lipinski definition) is 1. The van der Waals surface area contributed by atoms with Crippen LogP contribution in [0.4, 0.5) is 0 Å². The number of carbonyl (C=O) groups is 1. The Kier molecular flexibility index (Phi) is 4.51.